The van der Waals surface area contributed by atoms with Crippen LogP contribution in [-0.4, -0.2) is 43.1 Å². The first-order chi connectivity index (χ1) is 18.7. The molecule has 10 heteroatoms. The smallest absolute Gasteiger partial charge is 0.304 e. The molecule has 1 aliphatic rings. The molecule has 0 bridgehead atoms. The molecule has 0 aliphatic carbocycles. The molecule has 0 radical (unpaired) electrons. The van der Waals surface area contributed by atoms with Crippen LogP contribution >= 0.6 is 23.2 Å². The van der Waals surface area contributed by atoms with E-state index in [1.807, 2.05) is 44.2 Å². The second kappa shape index (κ2) is 12.9. The molecule has 0 saturated carbocycles. The van der Waals surface area contributed by atoms with Crippen molar-refractivity contribution in [2.45, 2.75) is 71.2 Å². The number of benzene rings is 2. The number of hydrogen-bond acceptors (Lipinski definition) is 5. The fraction of sp³-hybridized carbons (Fsp3) is 0.500. The third-order valence-electron chi connectivity index (χ3n) is 7.82. The molecule has 40 heavy (non-hydrogen) atoms. The summed E-state index contributed by atoms with van der Waals surface area (Å²) in [7, 11) is -3.01. The van der Waals surface area contributed by atoms with Gasteiger partial charge in [0.05, 0.1) is 33.4 Å². The van der Waals surface area contributed by atoms with Gasteiger partial charge in [0.2, 0.25) is 12.1 Å². The van der Waals surface area contributed by atoms with Gasteiger partial charge in [0.15, 0.2) is 0 Å². The van der Waals surface area contributed by atoms with Gasteiger partial charge in [0, 0.05) is 21.3 Å². The molecule has 5 atom stereocenters. The highest BCUT2D eigenvalue weighted by Crippen LogP contribution is 2.49. The van der Waals surface area contributed by atoms with Crippen molar-refractivity contribution in [2.75, 3.05) is 5.75 Å². The lowest BCUT2D eigenvalue weighted by molar-refractivity contribution is -0.163. The molecule has 1 N–H and O–H groups in total. The van der Waals surface area contributed by atoms with Crippen LogP contribution in [0.3, 0.4) is 0 Å². The lowest BCUT2D eigenvalue weighted by atomic mass is 9.67. The van der Waals surface area contributed by atoms with Crippen molar-refractivity contribution in [3.05, 3.63) is 69.7 Å². The molecule has 2 unspecified atom stereocenters. The molecule has 1 heterocycles. The topological polar surface area (TPSA) is 111 Å². The van der Waals surface area contributed by atoms with E-state index in [4.69, 9.17) is 23.2 Å². The van der Waals surface area contributed by atoms with Gasteiger partial charge in [-0.05, 0) is 60.1 Å². The Kier molecular flexibility index (Phi) is 10.3. The Labute approximate surface area is 247 Å². The number of likely N-dealkylation sites (tertiary alicyclic amines) is 1. The Morgan fingerprint density at radius 1 is 1.18 bits per heavy atom. The molecule has 7 nitrogen and oxygen atoms in total. The first kappa shape index (κ1) is 31.9. The molecule has 0 aromatic heterocycles. The number of aliphatic carboxylic acids is 1. The summed E-state index contributed by atoms with van der Waals surface area (Å²) in [5, 5.41) is 19.9. The third-order valence-corrected chi connectivity index (χ3v) is 11.0. The summed E-state index contributed by atoms with van der Waals surface area (Å²) in [5.41, 5.74) is 0.618. The van der Waals surface area contributed by atoms with Gasteiger partial charge in [0.25, 0.3) is 0 Å². The lowest BCUT2D eigenvalue weighted by Crippen LogP contribution is -2.59. The second-order valence-corrected chi connectivity index (χ2v) is 15.3. The Morgan fingerprint density at radius 3 is 2.35 bits per heavy atom. The number of carbonyl (C=O) groups is 2. The summed E-state index contributed by atoms with van der Waals surface area (Å²) in [6.45, 7) is 9.10. The van der Waals surface area contributed by atoms with Crippen LogP contribution in [0.5, 0.6) is 0 Å². The molecule has 1 amide bonds. The standard InChI is InChI=1S/C30H37Cl2N3O4S/c1-19(2)26(17-40(39,20(3)4)34-18-33)35-28(22-9-11-24(31)12-10-22)23(13-21-7-6-8-25(32)14-21)15-30(5,29(35)38)16-27(36)37/h6-12,14,19-20,23,26,28H,13,15-17H2,1-5H3,(H,36,37)/t23-,26?,28+,30+,40?/m0/s1. The highest BCUT2D eigenvalue weighted by atomic mass is 35.5. The van der Waals surface area contributed by atoms with Crippen molar-refractivity contribution in [2.24, 2.45) is 21.6 Å². The minimum atomic E-state index is -3.01. The van der Waals surface area contributed by atoms with Gasteiger partial charge in [0.1, 0.15) is 0 Å². The Morgan fingerprint density at radius 2 is 1.82 bits per heavy atom. The van der Waals surface area contributed by atoms with Crippen LogP contribution in [0.1, 0.15) is 64.6 Å². The summed E-state index contributed by atoms with van der Waals surface area (Å²) in [5.74, 6) is -1.72. The molecule has 1 saturated heterocycles. The van der Waals surface area contributed by atoms with Crippen molar-refractivity contribution in [3.8, 4) is 6.19 Å². The van der Waals surface area contributed by atoms with E-state index in [2.05, 4.69) is 4.36 Å². The highest BCUT2D eigenvalue weighted by Gasteiger charge is 2.52. The zero-order valence-corrected chi connectivity index (χ0v) is 25.8. The Hall–Kier alpha value is -2.60. The second-order valence-electron chi connectivity index (χ2n) is 11.5. The van der Waals surface area contributed by atoms with Crippen molar-refractivity contribution in [1.29, 1.82) is 5.26 Å². The van der Waals surface area contributed by atoms with E-state index < -0.39 is 38.4 Å². The molecule has 1 fully saturated rings. The van der Waals surface area contributed by atoms with E-state index in [1.165, 1.54) is 0 Å². The summed E-state index contributed by atoms with van der Waals surface area (Å²) >= 11 is 12.5. The monoisotopic (exact) mass is 605 g/mol. The predicted octanol–water partition coefficient (Wildman–Crippen LogP) is 6.99. The minimum absolute atomic E-state index is 0.00123. The predicted molar refractivity (Wildman–Crippen MR) is 159 cm³/mol. The summed E-state index contributed by atoms with van der Waals surface area (Å²) in [6.07, 6.45) is 2.27. The number of piperidine rings is 1. The molecule has 2 aromatic rings. The van der Waals surface area contributed by atoms with Crippen LogP contribution in [-0.2, 0) is 25.7 Å². The summed E-state index contributed by atoms with van der Waals surface area (Å²) in [4.78, 5) is 28.3. The van der Waals surface area contributed by atoms with Crippen molar-refractivity contribution in [1.82, 2.24) is 4.90 Å². The number of nitriles is 1. The van der Waals surface area contributed by atoms with Gasteiger partial charge in [-0.2, -0.15) is 5.26 Å². The number of carbonyl (C=O) groups excluding carboxylic acids is 1. The van der Waals surface area contributed by atoms with Crippen LogP contribution in [0.25, 0.3) is 0 Å². The molecule has 216 valence electrons. The van der Waals surface area contributed by atoms with Crippen LogP contribution in [0, 0.1) is 28.7 Å². The molecular weight excluding hydrogens is 569 g/mol. The Balaban J connectivity index is 2.28. The fourth-order valence-electron chi connectivity index (χ4n) is 5.77. The average molecular weight is 607 g/mol. The van der Waals surface area contributed by atoms with Gasteiger partial charge in [-0.25, -0.2) is 4.21 Å². The number of carboxylic acids is 1. The first-order valence-corrected chi connectivity index (χ1v) is 15.9. The summed E-state index contributed by atoms with van der Waals surface area (Å²) in [6, 6.07) is 13.8. The zero-order valence-electron chi connectivity index (χ0n) is 23.5. The quantitative estimate of drug-likeness (QED) is 0.293. The maximum Gasteiger partial charge on any atom is 0.304 e. The van der Waals surface area contributed by atoms with Crippen LogP contribution in [0.15, 0.2) is 52.9 Å². The van der Waals surface area contributed by atoms with E-state index in [9.17, 15) is 24.2 Å². The number of nitrogens with zero attached hydrogens (tertiary/aromatic N) is 3. The number of carboxylic acid groups (broad SMARTS) is 1. The number of rotatable bonds is 10. The normalized spacial score (nSPS) is 23.5. The van der Waals surface area contributed by atoms with Gasteiger partial charge in [-0.3, -0.25) is 9.59 Å². The minimum Gasteiger partial charge on any atom is -0.481 e. The lowest BCUT2D eigenvalue weighted by Gasteiger charge is -2.53. The average Bonchev–Trinajstić information content (AvgIpc) is 2.85. The zero-order chi connectivity index (χ0) is 29.8. The van der Waals surface area contributed by atoms with E-state index in [0.29, 0.717) is 22.9 Å². The molecule has 2 aromatic carbocycles. The third kappa shape index (κ3) is 7.18. The van der Waals surface area contributed by atoms with E-state index in [-0.39, 0.29) is 29.9 Å². The van der Waals surface area contributed by atoms with Crippen LogP contribution < -0.4 is 0 Å². The molecule has 0 spiro atoms. The van der Waals surface area contributed by atoms with Crippen LogP contribution in [0.4, 0.5) is 0 Å². The SMILES string of the molecule is CC(C)C(CS(=O)(=NC#N)C(C)C)N1C(=O)[C@@](C)(CC(=O)O)C[C@H](Cc2cccc(Cl)c2)[C@H]1c1ccc(Cl)cc1. The fourth-order valence-corrected chi connectivity index (χ4v) is 7.95. The van der Waals surface area contributed by atoms with Crippen molar-refractivity contribution >= 4 is 44.8 Å². The van der Waals surface area contributed by atoms with Gasteiger partial charge < -0.3 is 10.0 Å². The number of halogens is 2. The molecule has 1 aliphatic heterocycles. The van der Waals surface area contributed by atoms with E-state index in [1.54, 1.807) is 50.1 Å². The van der Waals surface area contributed by atoms with Gasteiger partial charge in [-0.1, -0.05) is 82.1 Å². The maximum absolute atomic E-state index is 14.5. The molecule has 3 rings (SSSR count). The first-order valence-electron chi connectivity index (χ1n) is 13.4. The van der Waals surface area contributed by atoms with Gasteiger partial charge >= 0.3 is 5.97 Å². The maximum atomic E-state index is 14.5. The van der Waals surface area contributed by atoms with E-state index in [0.717, 1.165) is 11.1 Å². The van der Waals surface area contributed by atoms with Crippen molar-refractivity contribution in [3.63, 3.8) is 0 Å². The van der Waals surface area contributed by atoms with Gasteiger partial charge in [-0.15, -0.1) is 4.36 Å². The largest absolute Gasteiger partial charge is 0.481 e. The Bertz CT molecular complexity index is 1400. The summed E-state index contributed by atoms with van der Waals surface area (Å²) < 4.78 is 17.8. The van der Waals surface area contributed by atoms with Crippen molar-refractivity contribution < 1.29 is 18.9 Å². The van der Waals surface area contributed by atoms with Crippen LogP contribution in [0.2, 0.25) is 10.0 Å². The van der Waals surface area contributed by atoms with E-state index >= 15 is 0 Å². The molecular formula is C30H37Cl2N3O4S. The number of amides is 1. The number of hydrogen-bond donors (Lipinski definition) is 1. The highest BCUT2D eigenvalue weighted by molar-refractivity contribution is 7.94.